The van der Waals surface area contributed by atoms with Crippen LogP contribution in [0.3, 0.4) is 0 Å². The van der Waals surface area contributed by atoms with Gasteiger partial charge in [0, 0.05) is 44.1 Å². The van der Waals surface area contributed by atoms with Gasteiger partial charge in [-0.2, -0.15) is 0 Å². The molecule has 1 atom stereocenters. The predicted octanol–water partition coefficient (Wildman–Crippen LogP) is 3.90. The molecule has 1 saturated carbocycles. The van der Waals surface area contributed by atoms with Crippen molar-refractivity contribution in [3.63, 3.8) is 0 Å². The van der Waals surface area contributed by atoms with Gasteiger partial charge in [-0.1, -0.05) is 6.07 Å². The van der Waals surface area contributed by atoms with E-state index in [4.69, 9.17) is 0 Å². The second kappa shape index (κ2) is 7.58. The summed E-state index contributed by atoms with van der Waals surface area (Å²) in [6.45, 7) is 4.67. The number of aromatic nitrogens is 3. The van der Waals surface area contributed by atoms with Crippen LogP contribution in [0.2, 0.25) is 0 Å². The fourth-order valence-electron chi connectivity index (χ4n) is 4.43. The predicted molar refractivity (Wildman–Crippen MR) is 122 cm³/mol. The minimum Gasteiger partial charge on any atom is -0.343 e. The van der Waals surface area contributed by atoms with Crippen LogP contribution in [0, 0.1) is 12.8 Å². The van der Waals surface area contributed by atoms with Gasteiger partial charge in [-0.25, -0.2) is 4.98 Å². The fourth-order valence-corrected chi connectivity index (χ4v) is 4.43. The van der Waals surface area contributed by atoms with Gasteiger partial charge in [0.1, 0.15) is 11.4 Å². The Balaban J connectivity index is 1.44. The highest BCUT2D eigenvalue weighted by atomic mass is 16.2. The lowest BCUT2D eigenvalue weighted by molar-refractivity contribution is 0.0697. The van der Waals surface area contributed by atoms with Gasteiger partial charge in [0.15, 0.2) is 5.82 Å². The largest absolute Gasteiger partial charge is 0.343 e. The van der Waals surface area contributed by atoms with Crippen LogP contribution in [0.5, 0.6) is 0 Å². The topological polar surface area (TPSA) is 82.2 Å². The Morgan fingerprint density at radius 3 is 2.66 bits per heavy atom. The highest BCUT2D eigenvalue weighted by Gasteiger charge is 2.38. The van der Waals surface area contributed by atoms with Crippen molar-refractivity contribution in [2.75, 3.05) is 14.1 Å². The second-order valence-corrected chi connectivity index (χ2v) is 9.07. The number of imidazole rings is 1. The lowest BCUT2D eigenvalue weighted by Gasteiger charge is -2.23. The molecule has 164 valence electrons. The summed E-state index contributed by atoms with van der Waals surface area (Å²) < 4.78 is 0. The van der Waals surface area contributed by atoms with E-state index in [2.05, 4.69) is 27.9 Å². The van der Waals surface area contributed by atoms with Gasteiger partial charge >= 0.3 is 0 Å². The van der Waals surface area contributed by atoms with Crippen LogP contribution in [0.4, 0.5) is 0 Å². The van der Waals surface area contributed by atoms with E-state index in [-0.39, 0.29) is 11.8 Å². The Labute approximate surface area is 187 Å². The summed E-state index contributed by atoms with van der Waals surface area (Å²) in [5, 5.41) is 0. The summed E-state index contributed by atoms with van der Waals surface area (Å²) in [5.74, 6) is 1.21. The summed E-state index contributed by atoms with van der Waals surface area (Å²) in [6.07, 6.45) is 4.19. The molecule has 1 N–H and O–H groups in total. The Bertz CT molecular complexity index is 1220. The molecule has 0 saturated heterocycles. The molecule has 0 bridgehead atoms. The molecule has 5 rings (SSSR count). The number of nitrogens with zero attached hydrogens (tertiary/aromatic N) is 4. The molecule has 0 spiro atoms. The molecular weight excluding hydrogens is 402 g/mol. The van der Waals surface area contributed by atoms with Crippen LogP contribution in [0.15, 0.2) is 36.5 Å². The number of fused-ring (bicyclic) bond motifs is 1. The normalized spacial score (nSPS) is 16.2. The van der Waals surface area contributed by atoms with Crippen LogP contribution in [0.25, 0.3) is 22.6 Å². The minimum absolute atomic E-state index is 0.144. The maximum Gasteiger partial charge on any atom is 0.273 e. The molecule has 32 heavy (non-hydrogen) atoms. The molecular formula is C25H27N5O2. The van der Waals surface area contributed by atoms with Crippen molar-refractivity contribution in [3.05, 3.63) is 59.0 Å². The number of H-pyrrole nitrogens is 1. The minimum atomic E-state index is -0.144. The van der Waals surface area contributed by atoms with E-state index in [1.54, 1.807) is 20.3 Å². The zero-order valence-electron chi connectivity index (χ0n) is 18.8. The zero-order chi connectivity index (χ0) is 22.6. The van der Waals surface area contributed by atoms with Crippen molar-refractivity contribution < 1.29 is 9.59 Å². The third-order valence-corrected chi connectivity index (χ3v) is 6.56. The van der Waals surface area contributed by atoms with Gasteiger partial charge in [-0.15, -0.1) is 0 Å². The number of aryl methyl sites for hydroxylation is 1. The first-order valence-electron chi connectivity index (χ1n) is 11.0. The van der Waals surface area contributed by atoms with Gasteiger partial charge in [0.2, 0.25) is 0 Å². The lowest BCUT2D eigenvalue weighted by atomic mass is 10.0. The first-order chi connectivity index (χ1) is 15.3. The average Bonchev–Trinajstić information content (AvgIpc) is 3.50. The third-order valence-electron chi connectivity index (χ3n) is 6.56. The first kappa shape index (κ1) is 20.4. The Hall–Kier alpha value is -3.48. The Morgan fingerprint density at radius 1 is 1.19 bits per heavy atom. The molecule has 0 radical (unpaired) electrons. The SMILES string of the molecule is Cc1[nH]c(-c2cc(-c3ccc4c(c3)CN(C(C)C3CC3)C4=O)ccn2)nc1C(=O)N(C)C. The number of rotatable bonds is 5. The van der Waals surface area contributed by atoms with Crippen molar-refractivity contribution in [3.8, 4) is 22.6 Å². The second-order valence-electron chi connectivity index (χ2n) is 9.07. The van der Waals surface area contributed by atoms with E-state index >= 15 is 0 Å². The van der Waals surface area contributed by atoms with E-state index in [1.807, 2.05) is 36.1 Å². The number of carbonyl (C=O) groups excluding carboxylic acids is 2. The van der Waals surface area contributed by atoms with Gasteiger partial charge in [0.05, 0.1) is 0 Å². The molecule has 2 aromatic heterocycles. The van der Waals surface area contributed by atoms with Crippen molar-refractivity contribution >= 4 is 11.8 Å². The van der Waals surface area contributed by atoms with Crippen molar-refractivity contribution in [1.82, 2.24) is 24.8 Å². The van der Waals surface area contributed by atoms with Gasteiger partial charge in [-0.05, 0) is 73.6 Å². The van der Waals surface area contributed by atoms with Crippen LogP contribution in [0.1, 0.15) is 51.9 Å². The fraction of sp³-hybridized carbons (Fsp3) is 0.360. The van der Waals surface area contributed by atoms with Crippen molar-refractivity contribution in [2.45, 2.75) is 39.3 Å². The number of hydrogen-bond donors (Lipinski definition) is 1. The maximum absolute atomic E-state index is 12.9. The van der Waals surface area contributed by atoms with E-state index in [0.717, 1.165) is 22.3 Å². The Kier molecular flexibility index (Phi) is 4.84. The quantitative estimate of drug-likeness (QED) is 0.667. The van der Waals surface area contributed by atoms with Crippen molar-refractivity contribution in [1.29, 1.82) is 0 Å². The van der Waals surface area contributed by atoms with Gasteiger partial charge in [0.25, 0.3) is 11.8 Å². The van der Waals surface area contributed by atoms with E-state index in [9.17, 15) is 9.59 Å². The first-order valence-corrected chi connectivity index (χ1v) is 11.0. The van der Waals surface area contributed by atoms with Crippen LogP contribution in [-0.4, -0.2) is 56.7 Å². The number of pyridine rings is 1. The van der Waals surface area contributed by atoms with Crippen molar-refractivity contribution in [2.24, 2.45) is 5.92 Å². The van der Waals surface area contributed by atoms with Crippen LogP contribution < -0.4 is 0 Å². The summed E-state index contributed by atoms with van der Waals surface area (Å²) in [4.78, 5) is 40.9. The molecule has 1 unspecified atom stereocenters. The average molecular weight is 430 g/mol. The van der Waals surface area contributed by atoms with E-state index in [0.29, 0.717) is 41.4 Å². The zero-order valence-corrected chi connectivity index (χ0v) is 18.8. The number of hydrogen-bond acceptors (Lipinski definition) is 4. The molecule has 7 nitrogen and oxygen atoms in total. The molecule has 1 aliphatic heterocycles. The lowest BCUT2D eigenvalue weighted by Crippen LogP contribution is -2.34. The molecule has 3 heterocycles. The summed E-state index contributed by atoms with van der Waals surface area (Å²) in [5.41, 5.74) is 5.70. The summed E-state index contributed by atoms with van der Waals surface area (Å²) in [6, 6.07) is 10.3. The highest BCUT2D eigenvalue weighted by molar-refractivity contribution is 5.99. The number of aromatic amines is 1. The number of carbonyl (C=O) groups is 2. The molecule has 1 aromatic carbocycles. The summed E-state index contributed by atoms with van der Waals surface area (Å²) >= 11 is 0. The van der Waals surface area contributed by atoms with Crippen LogP contribution >= 0.6 is 0 Å². The van der Waals surface area contributed by atoms with Gasteiger partial charge < -0.3 is 14.8 Å². The van der Waals surface area contributed by atoms with E-state index < -0.39 is 0 Å². The molecule has 1 fully saturated rings. The third kappa shape index (κ3) is 3.47. The molecule has 3 aromatic rings. The highest BCUT2D eigenvalue weighted by Crippen LogP contribution is 2.39. The number of benzene rings is 1. The smallest absolute Gasteiger partial charge is 0.273 e. The number of nitrogens with one attached hydrogen (secondary N) is 1. The molecule has 2 amide bonds. The van der Waals surface area contributed by atoms with Gasteiger partial charge in [-0.3, -0.25) is 14.6 Å². The maximum atomic E-state index is 12.9. The summed E-state index contributed by atoms with van der Waals surface area (Å²) in [7, 11) is 3.42. The molecule has 1 aliphatic carbocycles. The molecule has 2 aliphatic rings. The van der Waals surface area contributed by atoms with E-state index in [1.165, 1.54) is 17.7 Å². The van der Waals surface area contributed by atoms with Crippen LogP contribution in [-0.2, 0) is 6.54 Å². The number of amides is 2. The Morgan fingerprint density at radius 2 is 1.94 bits per heavy atom. The monoisotopic (exact) mass is 429 g/mol. The molecule has 7 heteroatoms. The standard InChI is InChI=1S/C25H27N5O2/c1-14-22(25(32)29(3)4)28-23(27-14)21-12-18(9-10-26-21)17-7-8-20-19(11-17)13-30(24(20)31)15(2)16-5-6-16/h7-12,15-16H,5-6,13H2,1-4H3,(H,27,28).